The molecule has 2 aromatic carbocycles. The summed E-state index contributed by atoms with van der Waals surface area (Å²) in [6.45, 7) is 1.86. The van der Waals surface area contributed by atoms with Crippen molar-refractivity contribution in [3.8, 4) is 0 Å². The van der Waals surface area contributed by atoms with Crippen LogP contribution in [0.4, 0.5) is 8.78 Å². The van der Waals surface area contributed by atoms with E-state index in [-0.39, 0.29) is 11.6 Å². The van der Waals surface area contributed by atoms with Gasteiger partial charge in [0.05, 0.1) is 11.2 Å². The smallest absolute Gasteiger partial charge is 0.147 e. The summed E-state index contributed by atoms with van der Waals surface area (Å²) < 4.78 is 29.5. The molecule has 2 heterocycles. The van der Waals surface area contributed by atoms with Crippen LogP contribution in [0.2, 0.25) is 0 Å². The highest BCUT2D eigenvalue weighted by molar-refractivity contribution is 6.11. The third-order valence-corrected chi connectivity index (χ3v) is 3.57. The molecule has 0 amide bonds. The van der Waals surface area contributed by atoms with E-state index >= 15 is 0 Å². The van der Waals surface area contributed by atoms with Crippen LogP contribution in [0.25, 0.3) is 27.3 Å². The highest BCUT2D eigenvalue weighted by Gasteiger charge is 2.13. The lowest BCUT2D eigenvalue weighted by Gasteiger charge is -2.08. The van der Waals surface area contributed by atoms with E-state index in [0.29, 0.717) is 21.9 Å². The summed E-state index contributed by atoms with van der Waals surface area (Å²) in [6.07, 6.45) is 1.80. The fourth-order valence-electron chi connectivity index (χ4n) is 2.77. The summed E-state index contributed by atoms with van der Waals surface area (Å²) in [4.78, 5) is 4.44. The summed E-state index contributed by atoms with van der Waals surface area (Å²) >= 11 is 0. The minimum absolute atomic E-state index is 0.337. The van der Waals surface area contributed by atoms with Crippen LogP contribution in [-0.4, -0.2) is 9.38 Å². The van der Waals surface area contributed by atoms with E-state index in [1.807, 2.05) is 6.92 Å². The van der Waals surface area contributed by atoms with Crippen LogP contribution in [0.1, 0.15) is 5.69 Å². The maximum atomic E-state index is 14.2. The van der Waals surface area contributed by atoms with Crippen molar-refractivity contribution in [2.24, 2.45) is 0 Å². The monoisotopic (exact) mass is 268 g/mol. The van der Waals surface area contributed by atoms with Crippen LogP contribution in [-0.2, 0) is 0 Å². The Labute approximate surface area is 113 Å². The van der Waals surface area contributed by atoms with Crippen molar-refractivity contribution in [1.29, 1.82) is 0 Å². The molecule has 0 spiro atoms. The van der Waals surface area contributed by atoms with Crippen LogP contribution in [0.15, 0.2) is 42.6 Å². The molecule has 0 radical (unpaired) electrons. The summed E-state index contributed by atoms with van der Waals surface area (Å²) in [5, 5.41) is 2.18. The van der Waals surface area contributed by atoms with Crippen molar-refractivity contribution >= 4 is 27.3 Å². The van der Waals surface area contributed by atoms with Gasteiger partial charge in [-0.1, -0.05) is 12.1 Å². The van der Waals surface area contributed by atoms with Gasteiger partial charge in [0.15, 0.2) is 0 Å². The summed E-state index contributed by atoms with van der Waals surface area (Å²) in [7, 11) is 0. The maximum Gasteiger partial charge on any atom is 0.147 e. The minimum atomic E-state index is -0.337. The second kappa shape index (κ2) is 3.76. The predicted octanol–water partition coefficient (Wildman–Crippen LogP) is 4.23. The SMILES string of the molecule is Cc1cn2c(n1)c1ccc(F)cc1c1cccc(F)c12. The van der Waals surface area contributed by atoms with Crippen LogP contribution >= 0.6 is 0 Å². The zero-order chi connectivity index (χ0) is 13.9. The Morgan fingerprint density at radius 1 is 1.00 bits per heavy atom. The number of nitrogens with zero attached hydrogens (tertiary/aromatic N) is 2. The van der Waals surface area contributed by atoms with E-state index in [1.165, 1.54) is 18.2 Å². The van der Waals surface area contributed by atoms with Crippen molar-refractivity contribution in [3.05, 3.63) is 59.9 Å². The van der Waals surface area contributed by atoms with E-state index in [0.717, 1.165) is 11.1 Å². The van der Waals surface area contributed by atoms with Crippen molar-refractivity contribution in [3.63, 3.8) is 0 Å². The van der Waals surface area contributed by atoms with Gasteiger partial charge in [-0.25, -0.2) is 13.8 Å². The van der Waals surface area contributed by atoms with Gasteiger partial charge in [-0.15, -0.1) is 0 Å². The molecule has 0 aliphatic rings. The number of hydrogen-bond acceptors (Lipinski definition) is 1. The molecular formula is C16H10F2N2. The normalized spacial score (nSPS) is 11.8. The average Bonchev–Trinajstić information content (AvgIpc) is 2.80. The van der Waals surface area contributed by atoms with E-state index in [1.54, 1.807) is 28.8 Å². The number of halogens is 2. The molecule has 2 nitrogen and oxygen atoms in total. The largest absolute Gasteiger partial charge is 0.296 e. The number of hydrogen-bond donors (Lipinski definition) is 0. The molecule has 4 aromatic rings. The van der Waals surface area contributed by atoms with Gasteiger partial charge in [0, 0.05) is 17.0 Å². The quantitative estimate of drug-likeness (QED) is 0.436. The fourth-order valence-corrected chi connectivity index (χ4v) is 2.77. The Morgan fingerprint density at radius 3 is 2.70 bits per heavy atom. The first-order valence-corrected chi connectivity index (χ1v) is 6.30. The molecule has 98 valence electrons. The number of fused-ring (bicyclic) bond motifs is 6. The number of aromatic nitrogens is 2. The molecule has 2 aromatic heterocycles. The van der Waals surface area contributed by atoms with Crippen LogP contribution in [0.3, 0.4) is 0 Å². The van der Waals surface area contributed by atoms with Gasteiger partial charge in [-0.3, -0.25) is 4.40 Å². The van der Waals surface area contributed by atoms with Crippen molar-refractivity contribution in [2.45, 2.75) is 6.92 Å². The van der Waals surface area contributed by atoms with Crippen molar-refractivity contribution < 1.29 is 8.78 Å². The van der Waals surface area contributed by atoms with Gasteiger partial charge >= 0.3 is 0 Å². The third-order valence-electron chi connectivity index (χ3n) is 3.57. The number of benzene rings is 2. The predicted molar refractivity (Wildman–Crippen MR) is 74.9 cm³/mol. The first-order chi connectivity index (χ1) is 9.65. The van der Waals surface area contributed by atoms with Crippen molar-refractivity contribution in [2.75, 3.05) is 0 Å². The third kappa shape index (κ3) is 1.39. The van der Waals surface area contributed by atoms with Crippen LogP contribution < -0.4 is 0 Å². The van der Waals surface area contributed by atoms with Crippen LogP contribution in [0.5, 0.6) is 0 Å². The number of aryl methyl sites for hydroxylation is 1. The standard InChI is InChI=1S/C16H10F2N2/c1-9-8-20-15-11(3-2-4-14(15)18)13-7-10(17)5-6-12(13)16(20)19-9/h2-8H,1H3. The number of pyridine rings is 1. The Morgan fingerprint density at radius 2 is 1.85 bits per heavy atom. The molecule has 4 rings (SSSR count). The van der Waals surface area contributed by atoms with E-state index in [4.69, 9.17) is 0 Å². The molecule has 0 saturated carbocycles. The zero-order valence-corrected chi connectivity index (χ0v) is 10.7. The summed E-state index contributed by atoms with van der Waals surface area (Å²) in [5.41, 5.74) is 1.88. The topological polar surface area (TPSA) is 17.3 Å². The fraction of sp³-hybridized carbons (Fsp3) is 0.0625. The van der Waals surface area contributed by atoms with Crippen molar-refractivity contribution in [1.82, 2.24) is 9.38 Å². The van der Waals surface area contributed by atoms with Gasteiger partial charge in [0.1, 0.15) is 17.3 Å². The van der Waals surface area contributed by atoms with E-state index in [9.17, 15) is 8.78 Å². The van der Waals surface area contributed by atoms with Gasteiger partial charge in [0.25, 0.3) is 0 Å². The Kier molecular flexibility index (Phi) is 2.13. The average molecular weight is 268 g/mol. The zero-order valence-electron chi connectivity index (χ0n) is 10.7. The van der Waals surface area contributed by atoms with E-state index in [2.05, 4.69) is 4.98 Å². The molecule has 4 heteroatoms. The highest BCUT2D eigenvalue weighted by Crippen LogP contribution is 2.31. The minimum Gasteiger partial charge on any atom is -0.296 e. The lowest BCUT2D eigenvalue weighted by atomic mass is 10.1. The molecule has 20 heavy (non-hydrogen) atoms. The molecule has 0 aliphatic heterocycles. The number of imidazole rings is 1. The summed E-state index contributed by atoms with van der Waals surface area (Å²) in [6, 6.07) is 9.37. The molecule has 0 unspecified atom stereocenters. The Hall–Kier alpha value is -2.49. The Bertz CT molecular complexity index is 986. The number of rotatable bonds is 0. The molecule has 0 atom stereocenters. The lowest BCUT2D eigenvalue weighted by Crippen LogP contribution is -1.93. The maximum absolute atomic E-state index is 14.2. The molecule has 0 N–H and O–H groups in total. The first-order valence-electron chi connectivity index (χ1n) is 6.30. The molecular weight excluding hydrogens is 258 g/mol. The highest BCUT2D eigenvalue weighted by atomic mass is 19.1. The van der Waals surface area contributed by atoms with Gasteiger partial charge in [-0.05, 0) is 36.6 Å². The van der Waals surface area contributed by atoms with E-state index < -0.39 is 0 Å². The molecule has 0 aliphatic carbocycles. The molecule has 0 bridgehead atoms. The second-order valence-corrected chi connectivity index (χ2v) is 4.90. The second-order valence-electron chi connectivity index (χ2n) is 4.90. The molecule has 0 saturated heterocycles. The molecule has 0 fully saturated rings. The Balaban J connectivity index is 2.44. The first kappa shape index (κ1) is 11.3. The van der Waals surface area contributed by atoms with Crippen LogP contribution in [0, 0.1) is 18.6 Å². The van der Waals surface area contributed by atoms with Gasteiger partial charge in [0.2, 0.25) is 0 Å². The summed E-state index contributed by atoms with van der Waals surface area (Å²) in [5.74, 6) is -0.674. The van der Waals surface area contributed by atoms with Gasteiger partial charge in [-0.2, -0.15) is 0 Å². The number of para-hydroxylation sites is 1. The van der Waals surface area contributed by atoms with Gasteiger partial charge < -0.3 is 0 Å². The lowest BCUT2D eigenvalue weighted by molar-refractivity contribution is 0.629.